The predicted molar refractivity (Wildman–Crippen MR) is 113 cm³/mol. The Kier molecular flexibility index (Phi) is 4.08. The smallest absolute Gasteiger partial charge is 0.227 e. The first kappa shape index (κ1) is 13.5. The minimum absolute atomic E-state index is 0.0351. The molecule has 152 valence electrons. The zero-order valence-electron chi connectivity index (χ0n) is 22.1. The molecule has 1 aliphatic heterocycles. The molecule has 0 saturated carbocycles. The first-order valence-corrected chi connectivity index (χ1v) is 9.60. The van der Waals surface area contributed by atoms with E-state index in [0.29, 0.717) is 42.3 Å². The summed E-state index contributed by atoms with van der Waals surface area (Å²) in [4.78, 5) is 19.3. The van der Waals surface area contributed by atoms with Crippen LogP contribution >= 0.6 is 0 Å². The molecule has 3 heterocycles. The van der Waals surface area contributed by atoms with Crippen LogP contribution in [-0.2, 0) is 22.4 Å². The molecule has 1 aromatic carbocycles. The Morgan fingerprint density at radius 3 is 2.90 bits per heavy atom. The Morgan fingerprint density at radius 2 is 2.07 bits per heavy atom. The maximum absolute atomic E-state index is 12.6. The van der Waals surface area contributed by atoms with Crippen molar-refractivity contribution in [3.63, 3.8) is 0 Å². The Bertz CT molecular complexity index is 1170. The highest BCUT2D eigenvalue weighted by Crippen LogP contribution is 2.28. The van der Waals surface area contributed by atoms with Gasteiger partial charge in [-0.15, -0.1) is 0 Å². The Morgan fingerprint density at radius 1 is 1.21 bits per heavy atom. The highest BCUT2D eigenvalue weighted by atomic mass is 16.5. The molecule has 6 heteroatoms. The van der Waals surface area contributed by atoms with E-state index in [1.165, 1.54) is 6.26 Å². The third kappa shape index (κ3) is 4.66. The van der Waals surface area contributed by atoms with Crippen LogP contribution in [0.4, 0.5) is 0 Å². The molecule has 3 aromatic rings. The van der Waals surface area contributed by atoms with Crippen molar-refractivity contribution in [3.05, 3.63) is 54.0 Å². The first-order chi connectivity index (χ1) is 16.5. The first-order valence-electron chi connectivity index (χ1n) is 12.6. The van der Waals surface area contributed by atoms with Crippen LogP contribution in [0, 0.1) is 0 Å². The van der Waals surface area contributed by atoms with Gasteiger partial charge in [0, 0.05) is 51.2 Å². The van der Waals surface area contributed by atoms with E-state index in [-0.39, 0.29) is 25.3 Å². The number of likely N-dealkylation sites (N-methyl/N-ethyl adjacent to an activating group) is 1. The average Bonchev–Trinajstić information content (AvgIpc) is 3.20. The van der Waals surface area contributed by atoms with Crippen LogP contribution in [-0.4, -0.2) is 67.5 Å². The minimum atomic E-state index is -2.74. The summed E-state index contributed by atoms with van der Waals surface area (Å²) < 4.78 is 56.2. The van der Waals surface area contributed by atoms with Crippen molar-refractivity contribution >= 4 is 16.9 Å². The maximum atomic E-state index is 12.6. The number of pyridine rings is 1. The van der Waals surface area contributed by atoms with Crippen molar-refractivity contribution in [1.29, 1.82) is 0 Å². The number of benzene rings is 1. The highest BCUT2D eigenvalue weighted by molar-refractivity contribution is 5.86. The summed E-state index contributed by atoms with van der Waals surface area (Å²) in [5, 5.41) is 0.772. The normalized spacial score (nSPS) is 18.6. The Hall–Kier alpha value is -2.70. The van der Waals surface area contributed by atoms with Gasteiger partial charge in [0.2, 0.25) is 5.91 Å². The fraction of sp³-hybridized carbons (Fsp3) is 0.391. The molecule has 29 heavy (non-hydrogen) atoms. The molecule has 0 aliphatic carbocycles. The number of furan rings is 1. The van der Waals surface area contributed by atoms with E-state index in [2.05, 4.69) is 4.98 Å². The monoisotopic (exact) mass is 399 g/mol. The molecule has 1 saturated heterocycles. The van der Waals surface area contributed by atoms with Gasteiger partial charge in [-0.05, 0) is 55.3 Å². The molecule has 0 bridgehead atoms. The van der Waals surface area contributed by atoms with Gasteiger partial charge in [-0.3, -0.25) is 9.78 Å². The molecule has 2 aromatic heterocycles. The van der Waals surface area contributed by atoms with Crippen molar-refractivity contribution in [3.8, 4) is 11.1 Å². The molecule has 1 aliphatic rings. The summed E-state index contributed by atoms with van der Waals surface area (Å²) in [5.41, 5.74) is 3.82. The van der Waals surface area contributed by atoms with Crippen LogP contribution in [0.1, 0.15) is 19.4 Å². The van der Waals surface area contributed by atoms with Crippen LogP contribution < -0.4 is 0 Å². The van der Waals surface area contributed by atoms with Crippen molar-refractivity contribution in [2.75, 3.05) is 46.8 Å². The molecule has 0 unspecified atom stereocenters. The lowest BCUT2D eigenvalue weighted by Gasteiger charge is -2.26. The highest BCUT2D eigenvalue weighted by Gasteiger charge is 2.17. The van der Waals surface area contributed by atoms with E-state index >= 15 is 0 Å². The van der Waals surface area contributed by atoms with Crippen LogP contribution in [0.2, 0.25) is 0 Å². The van der Waals surface area contributed by atoms with Gasteiger partial charge in [0.25, 0.3) is 0 Å². The lowest BCUT2D eigenvalue weighted by Crippen LogP contribution is -2.41. The van der Waals surface area contributed by atoms with Gasteiger partial charge in [-0.1, -0.05) is 6.07 Å². The van der Waals surface area contributed by atoms with Gasteiger partial charge in [-0.25, -0.2) is 0 Å². The van der Waals surface area contributed by atoms with Crippen LogP contribution in [0.3, 0.4) is 0 Å². The molecule has 6 nitrogen and oxygen atoms in total. The van der Waals surface area contributed by atoms with Gasteiger partial charge >= 0.3 is 0 Å². The van der Waals surface area contributed by atoms with E-state index in [4.69, 9.17) is 17.4 Å². The number of morpholine rings is 1. The molecule has 4 rings (SSSR count). The number of ether oxygens (including phenoxy) is 1. The lowest BCUT2D eigenvalue weighted by atomic mass is 10.0. The summed E-state index contributed by atoms with van der Waals surface area (Å²) in [6, 6.07) is 7.54. The van der Waals surface area contributed by atoms with Crippen LogP contribution in [0.25, 0.3) is 22.1 Å². The van der Waals surface area contributed by atoms with E-state index in [1.807, 2.05) is 24.3 Å². The molecular weight excluding hydrogens is 366 g/mol. The summed E-state index contributed by atoms with van der Waals surface area (Å²) in [7, 11) is 0. The van der Waals surface area contributed by atoms with E-state index in [1.54, 1.807) is 17.3 Å². The van der Waals surface area contributed by atoms with Gasteiger partial charge in [0.05, 0.1) is 25.9 Å². The number of carbonyl (C=O) groups excluding carboxylic acids is 1. The summed E-state index contributed by atoms with van der Waals surface area (Å²) in [5.74, 6) is 0.0351. The second-order valence-corrected chi connectivity index (χ2v) is 7.13. The van der Waals surface area contributed by atoms with E-state index in [9.17, 15) is 4.79 Å². The van der Waals surface area contributed by atoms with E-state index < -0.39 is 14.0 Å². The molecular formula is C23H27N3O3. The fourth-order valence-corrected chi connectivity index (χ4v) is 3.53. The largest absolute Gasteiger partial charge is 0.464 e. The third-order valence-electron chi connectivity index (χ3n) is 5.11. The number of fused-ring (bicyclic) bond motifs is 1. The second-order valence-electron chi connectivity index (χ2n) is 7.13. The zero-order chi connectivity index (χ0) is 25.2. The van der Waals surface area contributed by atoms with Gasteiger partial charge < -0.3 is 19.0 Å². The van der Waals surface area contributed by atoms with Crippen molar-refractivity contribution in [2.24, 2.45) is 0 Å². The Balaban J connectivity index is 1.53. The summed E-state index contributed by atoms with van der Waals surface area (Å²) >= 11 is 0. The fourth-order valence-electron chi connectivity index (χ4n) is 3.53. The third-order valence-corrected chi connectivity index (χ3v) is 5.11. The summed E-state index contributed by atoms with van der Waals surface area (Å²) in [6.07, 6.45) is 5.37. The molecule has 1 fully saturated rings. The number of aromatic nitrogens is 1. The number of hydrogen-bond donors (Lipinski definition) is 0. The second kappa shape index (κ2) is 8.76. The summed E-state index contributed by atoms with van der Waals surface area (Å²) in [6.45, 7) is -3.37. The number of carbonyl (C=O) groups is 1. The molecule has 0 radical (unpaired) electrons. The van der Waals surface area contributed by atoms with E-state index in [0.717, 1.165) is 22.1 Å². The molecule has 1 amide bonds. The SMILES string of the molecule is [2H]C([2H])([2H])N(CCc1coc2ccc(-c3cncc(CC(=O)N4CCOCC4)c3)cc12)C([2H])([2H])[2H]. The standard InChI is InChI=1S/C23H27N3O3/c1-25(2)6-5-19-16-29-22-4-3-18(13-21(19)22)20-11-17(14-24-15-20)12-23(27)26-7-9-28-10-8-26/h3-4,11,13-16H,5-10,12H2,1-2H3/i1D3,2D3. The quantitative estimate of drug-likeness (QED) is 0.638. The van der Waals surface area contributed by atoms with Crippen molar-refractivity contribution in [1.82, 2.24) is 14.8 Å². The molecule has 0 N–H and O–H groups in total. The number of nitrogens with zero attached hydrogens (tertiary/aromatic N) is 3. The van der Waals surface area contributed by atoms with Crippen molar-refractivity contribution in [2.45, 2.75) is 12.8 Å². The van der Waals surface area contributed by atoms with Gasteiger partial charge in [-0.2, -0.15) is 0 Å². The average molecular weight is 400 g/mol. The van der Waals surface area contributed by atoms with Crippen LogP contribution in [0.5, 0.6) is 0 Å². The number of amides is 1. The number of rotatable bonds is 6. The maximum Gasteiger partial charge on any atom is 0.227 e. The number of hydrogen-bond acceptors (Lipinski definition) is 5. The van der Waals surface area contributed by atoms with Crippen LogP contribution in [0.15, 0.2) is 47.3 Å². The van der Waals surface area contributed by atoms with Crippen molar-refractivity contribution < 1.29 is 22.2 Å². The van der Waals surface area contributed by atoms with Gasteiger partial charge in [0.1, 0.15) is 5.58 Å². The molecule has 0 atom stereocenters. The lowest BCUT2D eigenvalue weighted by molar-refractivity contribution is -0.134. The van der Waals surface area contributed by atoms with Gasteiger partial charge in [0.15, 0.2) is 0 Å². The Labute approximate surface area is 179 Å². The zero-order valence-corrected chi connectivity index (χ0v) is 16.1. The topological polar surface area (TPSA) is 58.8 Å². The molecule has 0 spiro atoms. The minimum Gasteiger partial charge on any atom is -0.464 e. The predicted octanol–water partition coefficient (Wildman–Crippen LogP) is 3.00.